The van der Waals surface area contributed by atoms with E-state index in [-0.39, 0.29) is 17.8 Å². The van der Waals surface area contributed by atoms with Gasteiger partial charge >= 0.3 is 12.4 Å². The molecule has 0 bridgehead atoms. The Morgan fingerprint density at radius 1 is 0.812 bits per heavy atom. The van der Waals surface area contributed by atoms with Gasteiger partial charge in [0.05, 0.1) is 11.1 Å². The number of alkyl halides is 6. The van der Waals surface area contributed by atoms with Crippen LogP contribution in [0.2, 0.25) is 0 Å². The molecule has 1 atom stereocenters. The molecule has 0 aromatic heterocycles. The Labute approximate surface area is 89.8 Å². The first-order valence-electron chi connectivity index (χ1n) is 4.13. The summed E-state index contributed by atoms with van der Waals surface area (Å²) in [7, 11) is 2.09. The van der Waals surface area contributed by atoms with Crippen LogP contribution < -0.4 is 0 Å². The Balaban J connectivity index is 3.33. The molecule has 1 aromatic rings. The second-order valence-electron chi connectivity index (χ2n) is 3.12. The molecule has 90 valence electrons. The lowest BCUT2D eigenvalue weighted by Gasteiger charge is -2.13. The Kier molecular flexibility index (Phi) is 3.53. The number of benzene rings is 1. The summed E-state index contributed by atoms with van der Waals surface area (Å²) in [5.41, 5.74) is -2.58. The van der Waals surface area contributed by atoms with E-state index in [1.807, 2.05) is 0 Å². The first kappa shape index (κ1) is 13.3. The van der Waals surface area contributed by atoms with Crippen LogP contribution >= 0.6 is 9.24 Å². The molecule has 7 heteroatoms. The van der Waals surface area contributed by atoms with Gasteiger partial charge in [-0.1, -0.05) is 0 Å². The van der Waals surface area contributed by atoms with Crippen molar-refractivity contribution in [2.24, 2.45) is 0 Å². The number of rotatable bonds is 1. The van der Waals surface area contributed by atoms with Crippen molar-refractivity contribution in [2.45, 2.75) is 18.5 Å². The van der Waals surface area contributed by atoms with Crippen LogP contribution in [0.25, 0.3) is 0 Å². The van der Waals surface area contributed by atoms with E-state index in [9.17, 15) is 26.3 Å². The van der Waals surface area contributed by atoms with Gasteiger partial charge in [-0.05, 0) is 29.9 Å². The van der Waals surface area contributed by atoms with Crippen LogP contribution in [0.1, 0.15) is 16.7 Å². The molecule has 1 unspecified atom stereocenters. The minimum absolute atomic E-state index is 0.0212. The van der Waals surface area contributed by atoms with Gasteiger partial charge in [0.15, 0.2) is 0 Å². The summed E-state index contributed by atoms with van der Waals surface area (Å²) in [4.78, 5) is 0. The van der Waals surface area contributed by atoms with Gasteiger partial charge in [-0.2, -0.15) is 26.3 Å². The predicted molar refractivity (Wildman–Crippen MR) is 49.9 cm³/mol. The first-order chi connectivity index (χ1) is 7.14. The molecule has 1 rings (SSSR count). The molecule has 0 aliphatic carbocycles. The average molecular weight is 260 g/mol. The van der Waals surface area contributed by atoms with Gasteiger partial charge in [-0.3, -0.25) is 0 Å². The summed E-state index contributed by atoms with van der Waals surface area (Å²) in [5.74, 6) is 0. The highest BCUT2D eigenvalue weighted by Crippen LogP contribution is 2.36. The zero-order valence-electron chi connectivity index (χ0n) is 7.78. The molecule has 0 nitrogen and oxygen atoms in total. The second kappa shape index (κ2) is 4.24. The Hall–Kier alpha value is -0.770. The van der Waals surface area contributed by atoms with Crippen LogP contribution in [0.3, 0.4) is 0 Å². The molecule has 0 aliphatic rings. The molecule has 0 saturated carbocycles. The maximum Gasteiger partial charge on any atom is 0.416 e. The van der Waals surface area contributed by atoms with E-state index < -0.39 is 23.5 Å². The van der Waals surface area contributed by atoms with Gasteiger partial charge in [-0.25, -0.2) is 0 Å². The summed E-state index contributed by atoms with van der Waals surface area (Å²) in [6.07, 6.45) is -9.50. The fraction of sp³-hybridized carbons (Fsp3) is 0.333. The third kappa shape index (κ3) is 3.11. The van der Waals surface area contributed by atoms with Crippen molar-refractivity contribution in [3.63, 3.8) is 0 Å². The van der Waals surface area contributed by atoms with E-state index >= 15 is 0 Å². The normalized spacial score (nSPS) is 12.9. The fourth-order valence-corrected chi connectivity index (χ4v) is 1.37. The van der Waals surface area contributed by atoms with Crippen molar-refractivity contribution in [1.82, 2.24) is 0 Å². The van der Waals surface area contributed by atoms with E-state index in [0.717, 1.165) is 0 Å². The highest BCUT2D eigenvalue weighted by Gasteiger charge is 2.36. The van der Waals surface area contributed by atoms with Gasteiger partial charge < -0.3 is 0 Å². The molecule has 1 aromatic carbocycles. The summed E-state index contributed by atoms with van der Waals surface area (Å²) in [5, 5.41) is 0. The minimum Gasteiger partial charge on any atom is -0.166 e. The van der Waals surface area contributed by atoms with Crippen LogP contribution in [0.15, 0.2) is 18.2 Å². The molecule has 0 heterocycles. The van der Waals surface area contributed by atoms with Crippen LogP contribution in [-0.2, 0) is 18.5 Å². The maximum absolute atomic E-state index is 12.3. The largest absolute Gasteiger partial charge is 0.416 e. The van der Waals surface area contributed by atoms with Crippen molar-refractivity contribution in [2.75, 3.05) is 0 Å². The molecule has 16 heavy (non-hydrogen) atoms. The van der Waals surface area contributed by atoms with Gasteiger partial charge in [-0.15, -0.1) is 9.24 Å². The minimum atomic E-state index is -4.77. The van der Waals surface area contributed by atoms with Gasteiger partial charge in [0, 0.05) is 0 Å². The van der Waals surface area contributed by atoms with Crippen molar-refractivity contribution in [3.8, 4) is 0 Å². The van der Waals surface area contributed by atoms with Gasteiger partial charge in [0.1, 0.15) is 0 Å². The third-order valence-electron chi connectivity index (χ3n) is 1.88. The van der Waals surface area contributed by atoms with E-state index in [4.69, 9.17) is 0 Å². The zero-order valence-corrected chi connectivity index (χ0v) is 8.94. The van der Waals surface area contributed by atoms with Gasteiger partial charge in [0.2, 0.25) is 0 Å². The molecule has 0 spiro atoms. The van der Waals surface area contributed by atoms with Crippen molar-refractivity contribution >= 4 is 9.24 Å². The molecule has 0 radical (unpaired) electrons. The SMILES string of the molecule is FC(F)(F)c1cc(CP)cc(C(F)(F)F)c1. The van der Waals surface area contributed by atoms with Crippen molar-refractivity contribution < 1.29 is 26.3 Å². The van der Waals surface area contributed by atoms with Gasteiger partial charge in [0.25, 0.3) is 0 Å². The Morgan fingerprint density at radius 3 is 1.44 bits per heavy atom. The molecule has 0 amide bonds. The molecule has 0 saturated heterocycles. The van der Waals surface area contributed by atoms with E-state index in [0.29, 0.717) is 12.1 Å². The summed E-state index contributed by atoms with van der Waals surface area (Å²) < 4.78 is 73.8. The smallest absolute Gasteiger partial charge is 0.166 e. The fourth-order valence-electron chi connectivity index (χ4n) is 1.14. The summed E-state index contributed by atoms with van der Waals surface area (Å²) >= 11 is 0. The average Bonchev–Trinajstić information content (AvgIpc) is 2.14. The Morgan fingerprint density at radius 2 is 1.19 bits per heavy atom. The van der Waals surface area contributed by atoms with Crippen LogP contribution in [0.4, 0.5) is 26.3 Å². The van der Waals surface area contributed by atoms with E-state index in [1.165, 1.54) is 0 Å². The highest BCUT2D eigenvalue weighted by molar-refractivity contribution is 7.15. The maximum atomic E-state index is 12.3. The lowest BCUT2D eigenvalue weighted by atomic mass is 10.1. The molecular formula is C9H7F6P. The van der Waals surface area contributed by atoms with Crippen molar-refractivity contribution in [1.29, 1.82) is 0 Å². The van der Waals surface area contributed by atoms with Crippen molar-refractivity contribution in [3.05, 3.63) is 34.9 Å². The highest BCUT2D eigenvalue weighted by atomic mass is 31.0. The quantitative estimate of drug-likeness (QED) is 0.526. The van der Waals surface area contributed by atoms with Crippen LogP contribution in [0, 0.1) is 0 Å². The summed E-state index contributed by atoms with van der Waals surface area (Å²) in [6.45, 7) is 0. The standard InChI is InChI=1S/C9H7F6P/c10-8(11,12)6-1-5(4-16)2-7(3-6)9(13,14)15/h1-3H,4,16H2. The lowest BCUT2D eigenvalue weighted by Crippen LogP contribution is -2.11. The number of hydrogen-bond donors (Lipinski definition) is 0. The predicted octanol–water partition coefficient (Wildman–Crippen LogP) is 4.10. The monoisotopic (exact) mass is 260 g/mol. The topological polar surface area (TPSA) is 0 Å². The molecule has 0 fully saturated rings. The first-order valence-corrected chi connectivity index (χ1v) is 4.94. The second-order valence-corrected chi connectivity index (χ2v) is 3.53. The lowest BCUT2D eigenvalue weighted by molar-refractivity contribution is -0.143. The van der Waals surface area contributed by atoms with Crippen LogP contribution in [0.5, 0.6) is 0 Å². The van der Waals surface area contributed by atoms with Crippen LogP contribution in [-0.4, -0.2) is 0 Å². The Bertz CT molecular complexity index is 346. The zero-order chi connectivity index (χ0) is 12.6. The number of halogens is 6. The molecule has 0 aliphatic heterocycles. The molecular weight excluding hydrogens is 253 g/mol. The van der Waals surface area contributed by atoms with E-state index in [1.54, 1.807) is 0 Å². The molecule has 0 N–H and O–H groups in total. The number of hydrogen-bond acceptors (Lipinski definition) is 0. The third-order valence-corrected chi connectivity index (χ3v) is 2.35. The van der Waals surface area contributed by atoms with E-state index in [2.05, 4.69) is 9.24 Å². The summed E-state index contributed by atoms with van der Waals surface area (Å²) in [6, 6.07) is 1.54.